The summed E-state index contributed by atoms with van der Waals surface area (Å²) in [5.74, 6) is 0.868. The van der Waals surface area contributed by atoms with Crippen LogP contribution in [0, 0.1) is 11.8 Å². The maximum Gasteiger partial charge on any atom is 0.224 e. The minimum atomic E-state index is 0.0920. The maximum atomic E-state index is 11.7. The number of carbonyl (C=O) groups excluding carboxylic acids is 1. The Labute approximate surface area is 79.1 Å². The van der Waals surface area contributed by atoms with Crippen molar-refractivity contribution >= 4 is 5.91 Å². The van der Waals surface area contributed by atoms with Gasteiger partial charge in [0.2, 0.25) is 5.91 Å². The average Bonchev–Trinajstić information content (AvgIpc) is 2.79. The zero-order chi connectivity index (χ0) is 9.26. The highest BCUT2D eigenvalue weighted by Crippen LogP contribution is 2.33. The molecule has 74 valence electrons. The lowest BCUT2D eigenvalue weighted by Crippen LogP contribution is -2.42. The Morgan fingerprint density at radius 2 is 2.08 bits per heavy atom. The van der Waals surface area contributed by atoms with E-state index in [0.29, 0.717) is 18.5 Å². The molecule has 0 radical (unpaired) electrons. The van der Waals surface area contributed by atoms with E-state index in [1.807, 2.05) is 0 Å². The molecule has 2 rings (SSSR count). The summed E-state index contributed by atoms with van der Waals surface area (Å²) < 4.78 is 0. The molecule has 13 heavy (non-hydrogen) atoms. The summed E-state index contributed by atoms with van der Waals surface area (Å²) in [4.78, 5) is 11.7. The number of nitrogens with one attached hydrogen (secondary N) is 1. The molecule has 3 N–H and O–H groups in total. The average molecular weight is 182 g/mol. The number of nitrogens with two attached hydrogens (primary N) is 1. The summed E-state index contributed by atoms with van der Waals surface area (Å²) in [5.41, 5.74) is 5.62. The zero-order valence-electron chi connectivity index (χ0n) is 7.96. The van der Waals surface area contributed by atoms with Gasteiger partial charge in [0, 0.05) is 12.6 Å². The lowest BCUT2D eigenvalue weighted by atomic mass is 9.75. The van der Waals surface area contributed by atoms with Gasteiger partial charge in [-0.05, 0) is 31.6 Å². The quantitative estimate of drug-likeness (QED) is 0.670. The first-order valence-electron chi connectivity index (χ1n) is 5.31. The molecular formula is C10H18N2O. The largest absolute Gasteiger partial charge is 0.353 e. The highest BCUT2D eigenvalue weighted by molar-refractivity contribution is 5.79. The lowest BCUT2D eigenvalue weighted by molar-refractivity contribution is -0.127. The van der Waals surface area contributed by atoms with Gasteiger partial charge in [0.05, 0.1) is 5.92 Å². The van der Waals surface area contributed by atoms with Crippen molar-refractivity contribution in [2.45, 2.75) is 38.1 Å². The van der Waals surface area contributed by atoms with Crippen LogP contribution in [0.15, 0.2) is 0 Å². The fraction of sp³-hybridized carbons (Fsp3) is 0.900. The molecule has 0 aromatic rings. The zero-order valence-corrected chi connectivity index (χ0v) is 7.96. The predicted molar refractivity (Wildman–Crippen MR) is 51.1 cm³/mol. The van der Waals surface area contributed by atoms with E-state index in [1.165, 1.54) is 19.3 Å². The Morgan fingerprint density at radius 1 is 1.38 bits per heavy atom. The molecule has 0 saturated heterocycles. The molecule has 0 bridgehead atoms. The number of rotatable bonds is 4. The fourth-order valence-corrected chi connectivity index (χ4v) is 1.89. The van der Waals surface area contributed by atoms with E-state index in [0.717, 1.165) is 12.8 Å². The van der Waals surface area contributed by atoms with Crippen molar-refractivity contribution in [3.05, 3.63) is 0 Å². The molecule has 0 spiro atoms. The van der Waals surface area contributed by atoms with Crippen molar-refractivity contribution in [2.24, 2.45) is 17.6 Å². The van der Waals surface area contributed by atoms with Gasteiger partial charge in [-0.25, -0.2) is 0 Å². The van der Waals surface area contributed by atoms with E-state index in [-0.39, 0.29) is 11.8 Å². The third kappa shape index (κ3) is 2.02. The third-order valence-corrected chi connectivity index (χ3v) is 3.23. The molecule has 2 fully saturated rings. The van der Waals surface area contributed by atoms with Crippen LogP contribution in [-0.2, 0) is 4.79 Å². The van der Waals surface area contributed by atoms with Crippen molar-refractivity contribution in [1.29, 1.82) is 0 Å². The Morgan fingerprint density at radius 3 is 2.46 bits per heavy atom. The Kier molecular flexibility index (Phi) is 2.54. The molecule has 0 aromatic heterocycles. The van der Waals surface area contributed by atoms with Crippen molar-refractivity contribution in [3.63, 3.8) is 0 Å². The predicted octanol–water partition coefficient (Wildman–Crippen LogP) is 0.640. The molecule has 1 amide bonds. The van der Waals surface area contributed by atoms with E-state index in [1.54, 1.807) is 0 Å². The van der Waals surface area contributed by atoms with Gasteiger partial charge in [0.25, 0.3) is 0 Å². The molecule has 0 aromatic carbocycles. The van der Waals surface area contributed by atoms with Crippen LogP contribution in [0.2, 0.25) is 0 Å². The second-order valence-corrected chi connectivity index (χ2v) is 4.32. The van der Waals surface area contributed by atoms with Crippen molar-refractivity contribution < 1.29 is 4.79 Å². The minimum absolute atomic E-state index is 0.0920. The molecule has 0 heterocycles. The first kappa shape index (κ1) is 9.00. The summed E-state index contributed by atoms with van der Waals surface area (Å²) in [5, 5.41) is 3.04. The molecule has 1 unspecified atom stereocenters. The normalized spacial score (nSPS) is 25.0. The molecular weight excluding hydrogens is 164 g/mol. The molecule has 3 nitrogen and oxygen atoms in total. The summed E-state index contributed by atoms with van der Waals surface area (Å²) in [7, 11) is 0. The second-order valence-electron chi connectivity index (χ2n) is 4.32. The smallest absolute Gasteiger partial charge is 0.224 e. The van der Waals surface area contributed by atoms with Crippen LogP contribution in [0.3, 0.4) is 0 Å². The first-order valence-corrected chi connectivity index (χ1v) is 5.31. The van der Waals surface area contributed by atoms with Crippen molar-refractivity contribution in [1.82, 2.24) is 5.32 Å². The van der Waals surface area contributed by atoms with Gasteiger partial charge in [-0.2, -0.15) is 0 Å². The number of amides is 1. The SMILES string of the molecule is NCC(C(=O)NC1CC1)C1CCC1. The number of hydrogen-bond acceptors (Lipinski definition) is 2. The van der Waals surface area contributed by atoms with E-state index in [4.69, 9.17) is 5.73 Å². The summed E-state index contributed by atoms with van der Waals surface area (Å²) >= 11 is 0. The van der Waals surface area contributed by atoms with Gasteiger partial charge in [0.1, 0.15) is 0 Å². The summed E-state index contributed by atoms with van der Waals surface area (Å²) in [6, 6.07) is 0.474. The van der Waals surface area contributed by atoms with Crippen molar-refractivity contribution in [2.75, 3.05) is 6.54 Å². The maximum absolute atomic E-state index is 11.7. The van der Waals surface area contributed by atoms with Gasteiger partial charge in [-0.15, -0.1) is 0 Å². The van der Waals surface area contributed by atoms with Crippen LogP contribution in [0.4, 0.5) is 0 Å². The fourth-order valence-electron chi connectivity index (χ4n) is 1.89. The first-order chi connectivity index (χ1) is 6.31. The van der Waals surface area contributed by atoms with Crippen LogP contribution in [0.5, 0.6) is 0 Å². The Hall–Kier alpha value is -0.570. The molecule has 1 atom stereocenters. The van der Waals surface area contributed by atoms with Gasteiger partial charge >= 0.3 is 0 Å². The van der Waals surface area contributed by atoms with Crippen LogP contribution < -0.4 is 11.1 Å². The van der Waals surface area contributed by atoms with Crippen LogP contribution in [0.1, 0.15) is 32.1 Å². The van der Waals surface area contributed by atoms with E-state index in [2.05, 4.69) is 5.32 Å². The molecule has 0 aliphatic heterocycles. The highest BCUT2D eigenvalue weighted by Gasteiger charge is 2.34. The Bertz CT molecular complexity index is 197. The van der Waals surface area contributed by atoms with Crippen molar-refractivity contribution in [3.8, 4) is 0 Å². The van der Waals surface area contributed by atoms with Gasteiger partial charge in [-0.3, -0.25) is 4.79 Å². The standard InChI is InChI=1S/C10H18N2O/c11-6-9(7-2-1-3-7)10(13)12-8-4-5-8/h7-9H,1-6,11H2,(H,12,13). The monoisotopic (exact) mass is 182 g/mol. The minimum Gasteiger partial charge on any atom is -0.353 e. The van der Waals surface area contributed by atoms with E-state index >= 15 is 0 Å². The second kappa shape index (κ2) is 3.66. The molecule has 2 aliphatic rings. The molecule has 2 aliphatic carbocycles. The highest BCUT2D eigenvalue weighted by atomic mass is 16.2. The number of hydrogen-bond donors (Lipinski definition) is 2. The van der Waals surface area contributed by atoms with Gasteiger partial charge in [-0.1, -0.05) is 6.42 Å². The molecule has 3 heteroatoms. The lowest BCUT2D eigenvalue weighted by Gasteiger charge is -2.32. The summed E-state index contributed by atoms with van der Waals surface area (Å²) in [6.45, 7) is 0.517. The topological polar surface area (TPSA) is 55.1 Å². The van der Waals surface area contributed by atoms with Gasteiger partial charge < -0.3 is 11.1 Å². The van der Waals surface area contributed by atoms with Crippen LogP contribution in [0.25, 0.3) is 0 Å². The van der Waals surface area contributed by atoms with Gasteiger partial charge in [0.15, 0.2) is 0 Å². The van der Waals surface area contributed by atoms with E-state index in [9.17, 15) is 4.79 Å². The van der Waals surface area contributed by atoms with Crippen LogP contribution >= 0.6 is 0 Å². The Balaban J connectivity index is 1.82. The molecule has 2 saturated carbocycles. The van der Waals surface area contributed by atoms with Crippen LogP contribution in [-0.4, -0.2) is 18.5 Å². The van der Waals surface area contributed by atoms with E-state index < -0.39 is 0 Å². The number of carbonyl (C=O) groups is 1. The summed E-state index contributed by atoms with van der Waals surface area (Å²) in [6.07, 6.45) is 5.99. The third-order valence-electron chi connectivity index (χ3n) is 3.23.